The van der Waals surface area contributed by atoms with Gasteiger partial charge in [0.15, 0.2) is 0 Å². The van der Waals surface area contributed by atoms with Crippen LogP contribution < -0.4 is 5.32 Å². The minimum atomic E-state index is -0.450. The summed E-state index contributed by atoms with van der Waals surface area (Å²) in [4.78, 5) is 37.8. The largest absolute Gasteiger partial charge is 0.466 e. The molecule has 0 spiro atoms. The van der Waals surface area contributed by atoms with Crippen LogP contribution in [-0.2, 0) is 14.3 Å². The minimum absolute atomic E-state index is 0.159. The predicted molar refractivity (Wildman–Crippen MR) is 94.7 cm³/mol. The summed E-state index contributed by atoms with van der Waals surface area (Å²) in [7, 11) is 0. The Morgan fingerprint density at radius 1 is 1.32 bits per heavy atom. The number of carbonyl (C=O) groups is 3. The van der Waals surface area contributed by atoms with Crippen molar-refractivity contribution in [3.8, 4) is 0 Å². The lowest BCUT2D eigenvalue weighted by Gasteiger charge is -2.31. The predicted octanol–water partition coefficient (Wildman–Crippen LogP) is 2.52. The molecule has 8 heteroatoms. The number of carbonyl (C=O) groups excluding carboxylic acids is 3. The fraction of sp³-hybridized carbons (Fsp3) is 0.471. The van der Waals surface area contributed by atoms with Gasteiger partial charge in [0.1, 0.15) is 0 Å². The second kappa shape index (κ2) is 9.06. The number of hydrogen-bond donors (Lipinski definition) is 1. The number of halogens is 2. The molecule has 1 aromatic rings. The molecule has 1 unspecified atom stereocenters. The lowest BCUT2D eigenvalue weighted by atomic mass is 9.98. The molecule has 0 bridgehead atoms. The number of likely N-dealkylation sites (tertiary alicyclic amines) is 1. The van der Waals surface area contributed by atoms with Crippen LogP contribution in [0.25, 0.3) is 0 Å². The molecule has 0 aromatic heterocycles. The highest BCUT2D eigenvalue weighted by molar-refractivity contribution is 6.36. The number of esters is 1. The van der Waals surface area contributed by atoms with E-state index in [9.17, 15) is 14.4 Å². The molecule has 0 saturated carbocycles. The maximum Gasteiger partial charge on any atom is 0.310 e. The van der Waals surface area contributed by atoms with Gasteiger partial charge in [-0.15, -0.1) is 0 Å². The molecule has 6 nitrogen and oxygen atoms in total. The van der Waals surface area contributed by atoms with Crippen molar-refractivity contribution in [3.05, 3.63) is 33.8 Å². The molecule has 136 valence electrons. The van der Waals surface area contributed by atoms with Gasteiger partial charge in [-0.25, -0.2) is 0 Å². The SMILES string of the molecule is CCOC(=O)C1CCCN(C(=O)CNC(=O)c2ccc(Cl)cc2Cl)C1. The minimum Gasteiger partial charge on any atom is -0.466 e. The van der Waals surface area contributed by atoms with Gasteiger partial charge in [0.2, 0.25) is 5.91 Å². The summed E-state index contributed by atoms with van der Waals surface area (Å²) in [5.41, 5.74) is 0.252. The molecule has 1 atom stereocenters. The molecular formula is C17H20Cl2N2O4. The highest BCUT2D eigenvalue weighted by Gasteiger charge is 2.29. The van der Waals surface area contributed by atoms with Crippen molar-refractivity contribution in [1.82, 2.24) is 10.2 Å². The van der Waals surface area contributed by atoms with Crippen LogP contribution in [0.5, 0.6) is 0 Å². The first-order valence-electron chi connectivity index (χ1n) is 8.10. The van der Waals surface area contributed by atoms with Gasteiger partial charge in [0.25, 0.3) is 5.91 Å². The summed E-state index contributed by atoms with van der Waals surface area (Å²) in [6.45, 7) is 2.79. The van der Waals surface area contributed by atoms with E-state index < -0.39 is 5.91 Å². The molecule has 1 aliphatic rings. The molecule has 0 radical (unpaired) electrons. The zero-order valence-corrected chi connectivity index (χ0v) is 15.4. The highest BCUT2D eigenvalue weighted by atomic mass is 35.5. The Balaban J connectivity index is 1.89. The smallest absolute Gasteiger partial charge is 0.310 e. The van der Waals surface area contributed by atoms with E-state index in [4.69, 9.17) is 27.9 Å². The van der Waals surface area contributed by atoms with Crippen molar-refractivity contribution in [2.75, 3.05) is 26.2 Å². The molecule has 2 rings (SSSR count). The fourth-order valence-electron chi connectivity index (χ4n) is 2.69. The topological polar surface area (TPSA) is 75.7 Å². The molecule has 1 aromatic carbocycles. The lowest BCUT2D eigenvalue weighted by Crippen LogP contribution is -2.46. The van der Waals surface area contributed by atoms with Gasteiger partial charge >= 0.3 is 5.97 Å². The maximum atomic E-state index is 12.3. The van der Waals surface area contributed by atoms with Crippen molar-refractivity contribution in [3.63, 3.8) is 0 Å². The quantitative estimate of drug-likeness (QED) is 0.788. The summed E-state index contributed by atoms with van der Waals surface area (Å²) in [5.74, 6) is -1.28. The van der Waals surface area contributed by atoms with Crippen LogP contribution in [0.3, 0.4) is 0 Å². The second-order valence-corrected chi connectivity index (χ2v) is 6.58. The third kappa shape index (κ3) is 5.34. The van der Waals surface area contributed by atoms with Crippen molar-refractivity contribution in [2.24, 2.45) is 5.92 Å². The van der Waals surface area contributed by atoms with Gasteiger partial charge in [-0.1, -0.05) is 23.2 Å². The third-order valence-electron chi connectivity index (χ3n) is 3.97. The van der Waals surface area contributed by atoms with E-state index in [0.29, 0.717) is 31.1 Å². The Morgan fingerprint density at radius 3 is 2.76 bits per heavy atom. The number of benzene rings is 1. The number of rotatable bonds is 5. The van der Waals surface area contributed by atoms with Gasteiger partial charge in [0.05, 0.1) is 29.7 Å². The average Bonchev–Trinajstić information content (AvgIpc) is 2.59. The second-order valence-electron chi connectivity index (χ2n) is 5.74. The summed E-state index contributed by atoms with van der Waals surface area (Å²) < 4.78 is 5.02. The van der Waals surface area contributed by atoms with E-state index in [0.717, 1.165) is 6.42 Å². The van der Waals surface area contributed by atoms with E-state index >= 15 is 0 Å². The van der Waals surface area contributed by atoms with E-state index in [1.807, 2.05) is 0 Å². The lowest BCUT2D eigenvalue weighted by molar-refractivity contribution is -0.151. The van der Waals surface area contributed by atoms with Crippen LogP contribution in [0.4, 0.5) is 0 Å². The molecule has 1 heterocycles. The van der Waals surface area contributed by atoms with Crippen molar-refractivity contribution < 1.29 is 19.1 Å². The van der Waals surface area contributed by atoms with Crippen LogP contribution >= 0.6 is 23.2 Å². The number of amides is 2. The monoisotopic (exact) mass is 386 g/mol. The van der Waals surface area contributed by atoms with Crippen molar-refractivity contribution in [2.45, 2.75) is 19.8 Å². The summed E-state index contributed by atoms with van der Waals surface area (Å²) in [6, 6.07) is 4.52. The Kier molecular flexibility index (Phi) is 7.08. The maximum absolute atomic E-state index is 12.3. The van der Waals surface area contributed by atoms with E-state index in [1.54, 1.807) is 17.9 Å². The highest BCUT2D eigenvalue weighted by Crippen LogP contribution is 2.21. The van der Waals surface area contributed by atoms with Crippen LogP contribution in [0.2, 0.25) is 10.0 Å². The number of nitrogens with zero attached hydrogens (tertiary/aromatic N) is 1. The van der Waals surface area contributed by atoms with Gasteiger partial charge in [-0.3, -0.25) is 14.4 Å². The standard InChI is InChI=1S/C17H20Cl2N2O4/c1-2-25-17(24)11-4-3-7-21(10-11)15(22)9-20-16(23)13-6-5-12(18)8-14(13)19/h5-6,8,11H,2-4,7,9-10H2,1H3,(H,20,23). The molecule has 1 saturated heterocycles. The summed E-state index contributed by atoms with van der Waals surface area (Å²) >= 11 is 11.8. The molecule has 2 amide bonds. The number of ether oxygens (including phenoxy) is 1. The first-order chi connectivity index (χ1) is 11.9. The van der Waals surface area contributed by atoms with Crippen LogP contribution in [0.1, 0.15) is 30.1 Å². The Labute approximate surface area is 156 Å². The van der Waals surface area contributed by atoms with Crippen molar-refractivity contribution >= 4 is 41.0 Å². The molecular weight excluding hydrogens is 367 g/mol. The molecule has 1 fully saturated rings. The number of hydrogen-bond acceptors (Lipinski definition) is 4. The van der Waals surface area contributed by atoms with E-state index in [1.165, 1.54) is 12.1 Å². The number of piperidine rings is 1. The molecule has 25 heavy (non-hydrogen) atoms. The average molecular weight is 387 g/mol. The van der Waals surface area contributed by atoms with Crippen molar-refractivity contribution in [1.29, 1.82) is 0 Å². The zero-order valence-electron chi connectivity index (χ0n) is 13.9. The first kappa shape index (κ1) is 19.5. The molecule has 1 N–H and O–H groups in total. The Hall–Kier alpha value is -1.79. The normalized spacial score (nSPS) is 17.1. The Morgan fingerprint density at radius 2 is 2.08 bits per heavy atom. The van der Waals surface area contributed by atoms with Crippen LogP contribution in [-0.4, -0.2) is 48.9 Å². The number of nitrogens with one attached hydrogen (secondary N) is 1. The third-order valence-corrected chi connectivity index (χ3v) is 4.52. The van der Waals surface area contributed by atoms with Gasteiger partial charge in [-0.05, 0) is 38.0 Å². The van der Waals surface area contributed by atoms with Gasteiger partial charge in [0, 0.05) is 18.1 Å². The Bertz CT molecular complexity index is 666. The molecule has 0 aliphatic carbocycles. The van der Waals surface area contributed by atoms with Crippen LogP contribution in [0.15, 0.2) is 18.2 Å². The first-order valence-corrected chi connectivity index (χ1v) is 8.85. The van der Waals surface area contributed by atoms with E-state index in [-0.39, 0.29) is 34.9 Å². The van der Waals surface area contributed by atoms with Gasteiger partial charge in [-0.2, -0.15) is 0 Å². The zero-order chi connectivity index (χ0) is 18.4. The van der Waals surface area contributed by atoms with Crippen LogP contribution in [0, 0.1) is 5.92 Å². The summed E-state index contributed by atoms with van der Waals surface area (Å²) in [6.07, 6.45) is 1.43. The fourth-order valence-corrected chi connectivity index (χ4v) is 3.19. The molecule has 1 aliphatic heterocycles. The summed E-state index contributed by atoms with van der Waals surface area (Å²) in [5, 5.41) is 3.20. The van der Waals surface area contributed by atoms with Gasteiger partial charge < -0.3 is 15.0 Å². The van der Waals surface area contributed by atoms with E-state index in [2.05, 4.69) is 5.32 Å².